The highest BCUT2D eigenvalue weighted by molar-refractivity contribution is 7.98. The Morgan fingerprint density at radius 3 is 2.38 bits per heavy atom. The lowest BCUT2D eigenvalue weighted by Crippen LogP contribution is -1.96. The van der Waals surface area contributed by atoms with Gasteiger partial charge in [0.05, 0.1) is 0 Å². The van der Waals surface area contributed by atoms with Crippen LogP contribution in [-0.4, -0.2) is 14.8 Å². The fraction of sp³-hybridized carbons (Fsp3) is 0.300. The van der Waals surface area contributed by atoms with Gasteiger partial charge in [-0.25, -0.2) is 0 Å². The van der Waals surface area contributed by atoms with E-state index in [1.807, 2.05) is 7.05 Å². The number of benzene rings is 2. The van der Waals surface area contributed by atoms with E-state index in [-0.39, 0.29) is 0 Å². The largest absolute Gasteiger partial charge is 0.305 e. The van der Waals surface area contributed by atoms with Crippen LogP contribution in [0.1, 0.15) is 36.5 Å². The second kappa shape index (κ2) is 7.22. The van der Waals surface area contributed by atoms with Gasteiger partial charge in [-0.2, -0.15) is 0 Å². The van der Waals surface area contributed by atoms with Crippen LogP contribution in [0, 0.1) is 6.92 Å². The Hall–Kier alpha value is -2.07. The van der Waals surface area contributed by atoms with Crippen molar-refractivity contribution >= 4 is 11.8 Å². The summed E-state index contributed by atoms with van der Waals surface area (Å²) in [6.45, 7) is 6.56. The highest BCUT2D eigenvalue weighted by atomic mass is 32.2. The average molecular weight is 337 g/mol. The molecule has 0 aliphatic rings. The number of aromatic nitrogens is 3. The predicted molar refractivity (Wildman–Crippen MR) is 101 cm³/mol. The van der Waals surface area contributed by atoms with Crippen LogP contribution >= 0.6 is 11.8 Å². The van der Waals surface area contributed by atoms with Crippen molar-refractivity contribution in [2.75, 3.05) is 0 Å². The van der Waals surface area contributed by atoms with E-state index in [0.717, 1.165) is 22.3 Å². The van der Waals surface area contributed by atoms with E-state index in [1.165, 1.54) is 16.7 Å². The summed E-state index contributed by atoms with van der Waals surface area (Å²) in [5.74, 6) is 2.36. The number of rotatable bonds is 5. The monoisotopic (exact) mass is 337 g/mol. The van der Waals surface area contributed by atoms with Crippen molar-refractivity contribution in [2.45, 2.75) is 37.6 Å². The molecule has 0 radical (unpaired) electrons. The summed E-state index contributed by atoms with van der Waals surface area (Å²) >= 11 is 1.73. The zero-order chi connectivity index (χ0) is 17.1. The molecule has 0 N–H and O–H groups in total. The van der Waals surface area contributed by atoms with Crippen molar-refractivity contribution in [3.8, 4) is 11.4 Å². The molecule has 0 saturated heterocycles. The molecule has 3 rings (SSSR count). The van der Waals surface area contributed by atoms with Gasteiger partial charge in [0.1, 0.15) is 0 Å². The van der Waals surface area contributed by atoms with E-state index in [2.05, 4.69) is 84.1 Å². The van der Waals surface area contributed by atoms with Gasteiger partial charge in [-0.15, -0.1) is 10.2 Å². The van der Waals surface area contributed by atoms with Crippen molar-refractivity contribution in [1.29, 1.82) is 0 Å². The van der Waals surface area contributed by atoms with Crippen LogP contribution in [0.25, 0.3) is 11.4 Å². The summed E-state index contributed by atoms with van der Waals surface area (Å²) in [6, 6.07) is 17.1. The van der Waals surface area contributed by atoms with Crippen LogP contribution in [0.5, 0.6) is 0 Å². The van der Waals surface area contributed by atoms with Crippen LogP contribution < -0.4 is 0 Å². The minimum absolute atomic E-state index is 0.541. The van der Waals surface area contributed by atoms with Gasteiger partial charge in [-0.3, -0.25) is 0 Å². The van der Waals surface area contributed by atoms with Crippen molar-refractivity contribution in [3.05, 3.63) is 65.2 Å². The van der Waals surface area contributed by atoms with E-state index in [4.69, 9.17) is 0 Å². The lowest BCUT2D eigenvalue weighted by molar-refractivity contribution is 0.793. The molecule has 2 aromatic carbocycles. The Morgan fingerprint density at radius 1 is 1.00 bits per heavy atom. The maximum absolute atomic E-state index is 4.39. The van der Waals surface area contributed by atoms with Gasteiger partial charge >= 0.3 is 0 Å². The van der Waals surface area contributed by atoms with Crippen LogP contribution in [0.3, 0.4) is 0 Å². The lowest BCUT2D eigenvalue weighted by Gasteiger charge is -2.08. The first-order valence-electron chi connectivity index (χ1n) is 8.23. The molecule has 1 aromatic heterocycles. The van der Waals surface area contributed by atoms with Gasteiger partial charge < -0.3 is 4.57 Å². The molecular formula is C20H23N3S. The normalized spacial score (nSPS) is 11.2. The molecule has 0 bridgehead atoms. The van der Waals surface area contributed by atoms with Gasteiger partial charge in [0.25, 0.3) is 0 Å². The summed E-state index contributed by atoms with van der Waals surface area (Å²) < 4.78 is 2.08. The predicted octanol–water partition coefficient (Wildman–Crippen LogP) is 5.21. The Bertz CT molecular complexity index is 819. The maximum Gasteiger partial charge on any atom is 0.191 e. The number of hydrogen-bond donors (Lipinski definition) is 0. The topological polar surface area (TPSA) is 30.7 Å². The van der Waals surface area contributed by atoms with Crippen molar-refractivity contribution < 1.29 is 0 Å². The third-order valence-corrected chi connectivity index (χ3v) is 5.36. The zero-order valence-electron chi connectivity index (χ0n) is 14.7. The molecule has 0 fully saturated rings. The van der Waals surface area contributed by atoms with E-state index in [9.17, 15) is 0 Å². The molecule has 0 spiro atoms. The highest BCUT2D eigenvalue weighted by Crippen LogP contribution is 2.27. The molecule has 0 atom stereocenters. The number of hydrogen-bond acceptors (Lipinski definition) is 3. The van der Waals surface area contributed by atoms with Crippen molar-refractivity contribution in [3.63, 3.8) is 0 Å². The lowest BCUT2D eigenvalue weighted by atomic mass is 10.0. The Labute approximate surface area is 148 Å². The van der Waals surface area contributed by atoms with Crippen molar-refractivity contribution in [1.82, 2.24) is 14.8 Å². The first-order chi connectivity index (χ1) is 11.6. The zero-order valence-corrected chi connectivity index (χ0v) is 15.5. The van der Waals surface area contributed by atoms with Gasteiger partial charge in [0, 0.05) is 18.4 Å². The number of nitrogens with zero attached hydrogens (tertiary/aromatic N) is 3. The van der Waals surface area contributed by atoms with Crippen LogP contribution in [0.4, 0.5) is 0 Å². The van der Waals surface area contributed by atoms with Gasteiger partial charge in [-0.05, 0) is 29.5 Å². The fourth-order valence-corrected chi connectivity index (χ4v) is 3.61. The van der Waals surface area contributed by atoms with Gasteiger partial charge in [-0.1, -0.05) is 74.1 Å². The molecule has 0 aliphatic carbocycles. The van der Waals surface area contributed by atoms with Crippen molar-refractivity contribution in [2.24, 2.45) is 7.05 Å². The summed E-state index contributed by atoms with van der Waals surface area (Å²) in [6.07, 6.45) is 0. The molecule has 3 nitrogen and oxygen atoms in total. The Morgan fingerprint density at radius 2 is 1.71 bits per heavy atom. The summed E-state index contributed by atoms with van der Waals surface area (Å²) in [7, 11) is 2.03. The molecule has 0 amide bonds. The molecule has 0 unspecified atom stereocenters. The molecule has 0 aliphatic heterocycles. The van der Waals surface area contributed by atoms with Crippen LogP contribution in [0.2, 0.25) is 0 Å². The second-order valence-electron chi connectivity index (χ2n) is 6.36. The first kappa shape index (κ1) is 16.8. The fourth-order valence-electron chi connectivity index (χ4n) is 2.62. The van der Waals surface area contributed by atoms with Crippen LogP contribution in [0.15, 0.2) is 53.7 Å². The van der Waals surface area contributed by atoms with E-state index < -0.39 is 0 Å². The minimum Gasteiger partial charge on any atom is -0.305 e. The van der Waals surface area contributed by atoms with Gasteiger partial charge in [0.15, 0.2) is 11.0 Å². The molecule has 124 valence electrons. The van der Waals surface area contributed by atoms with Crippen LogP contribution in [-0.2, 0) is 12.8 Å². The van der Waals surface area contributed by atoms with Gasteiger partial charge in [0.2, 0.25) is 0 Å². The van der Waals surface area contributed by atoms with E-state index >= 15 is 0 Å². The third-order valence-electron chi connectivity index (χ3n) is 4.29. The van der Waals surface area contributed by atoms with E-state index in [1.54, 1.807) is 11.8 Å². The molecule has 0 saturated carbocycles. The first-order valence-corrected chi connectivity index (χ1v) is 9.22. The summed E-state index contributed by atoms with van der Waals surface area (Å²) in [4.78, 5) is 0. The summed E-state index contributed by atoms with van der Waals surface area (Å²) in [5.41, 5.74) is 5.11. The second-order valence-corrected chi connectivity index (χ2v) is 7.30. The van der Waals surface area contributed by atoms with E-state index in [0.29, 0.717) is 5.92 Å². The molecule has 3 aromatic rings. The smallest absolute Gasteiger partial charge is 0.191 e. The molecule has 1 heterocycles. The summed E-state index contributed by atoms with van der Waals surface area (Å²) in [5, 5.41) is 9.70. The highest BCUT2D eigenvalue weighted by Gasteiger charge is 2.12. The molecular weight excluding hydrogens is 314 g/mol. The SMILES string of the molecule is Cc1ccccc1CSc1nnc(-c2ccc(C(C)C)cc2)n1C. The number of aryl methyl sites for hydroxylation is 1. The maximum atomic E-state index is 4.39. The molecule has 4 heteroatoms. The Balaban J connectivity index is 1.77. The Kier molecular flexibility index (Phi) is 5.05. The average Bonchev–Trinajstić information content (AvgIpc) is 2.95. The standard InChI is InChI=1S/C20H23N3S/c1-14(2)16-9-11-17(12-10-16)19-21-22-20(23(19)4)24-13-18-8-6-5-7-15(18)3/h5-12,14H,13H2,1-4H3. The number of thioether (sulfide) groups is 1. The quantitative estimate of drug-likeness (QED) is 0.599. The third kappa shape index (κ3) is 3.54. The molecule has 24 heavy (non-hydrogen) atoms. The minimum atomic E-state index is 0.541.